The first-order valence-corrected chi connectivity index (χ1v) is 7.66. The molecule has 0 radical (unpaired) electrons. The molecule has 0 aliphatic carbocycles. The molecular formula is C19H21NO5. The number of methoxy groups -OCH3 is 2. The summed E-state index contributed by atoms with van der Waals surface area (Å²) in [4.78, 5) is 26.4. The number of Topliss-reactive ketones (excluding diaryl/α,β-unsaturated/α-hetero) is 1. The third kappa shape index (κ3) is 4.50. The van der Waals surface area contributed by atoms with Gasteiger partial charge in [0.2, 0.25) is 5.78 Å². The van der Waals surface area contributed by atoms with Crippen molar-refractivity contribution >= 4 is 17.4 Å². The van der Waals surface area contributed by atoms with E-state index in [2.05, 4.69) is 0 Å². The summed E-state index contributed by atoms with van der Waals surface area (Å²) in [6.07, 6.45) is 0. The summed E-state index contributed by atoms with van der Waals surface area (Å²) < 4.78 is 15.4. The highest BCUT2D eigenvalue weighted by Crippen LogP contribution is 2.24. The van der Waals surface area contributed by atoms with Crippen LogP contribution in [0.1, 0.15) is 20.7 Å². The zero-order valence-corrected chi connectivity index (χ0v) is 14.7. The highest BCUT2D eigenvalue weighted by Gasteiger charge is 2.17. The Hall–Kier alpha value is -3.02. The number of ether oxygens (including phenoxy) is 3. The largest absolute Gasteiger partial charge is 0.497 e. The predicted octanol–water partition coefficient (Wildman–Crippen LogP) is 2.81. The van der Waals surface area contributed by atoms with Gasteiger partial charge in [0.05, 0.1) is 25.3 Å². The maximum atomic E-state index is 12.4. The van der Waals surface area contributed by atoms with Crippen LogP contribution in [0.2, 0.25) is 0 Å². The van der Waals surface area contributed by atoms with Crippen molar-refractivity contribution in [1.82, 2.24) is 0 Å². The van der Waals surface area contributed by atoms with Crippen LogP contribution < -0.4 is 14.4 Å². The molecule has 0 aliphatic rings. The van der Waals surface area contributed by atoms with Gasteiger partial charge in [-0.25, -0.2) is 4.79 Å². The van der Waals surface area contributed by atoms with E-state index in [0.29, 0.717) is 22.6 Å². The van der Waals surface area contributed by atoms with Crippen LogP contribution in [-0.2, 0) is 4.74 Å². The van der Waals surface area contributed by atoms with E-state index in [1.807, 2.05) is 25.1 Å². The Morgan fingerprint density at radius 3 is 2.40 bits per heavy atom. The van der Waals surface area contributed by atoms with Crippen molar-refractivity contribution in [2.75, 3.05) is 39.8 Å². The first-order chi connectivity index (χ1) is 12.0. The smallest absolute Gasteiger partial charge is 0.338 e. The summed E-state index contributed by atoms with van der Waals surface area (Å²) in [6, 6.07) is 11.9. The van der Waals surface area contributed by atoms with Crippen LogP contribution in [0.3, 0.4) is 0 Å². The van der Waals surface area contributed by atoms with Gasteiger partial charge in [-0.1, -0.05) is 6.07 Å². The van der Waals surface area contributed by atoms with E-state index >= 15 is 0 Å². The third-order valence-electron chi connectivity index (χ3n) is 3.64. The molecule has 0 aromatic heterocycles. The molecule has 0 atom stereocenters. The number of rotatable bonds is 7. The molecule has 0 saturated heterocycles. The van der Waals surface area contributed by atoms with Crippen LogP contribution >= 0.6 is 0 Å². The summed E-state index contributed by atoms with van der Waals surface area (Å²) in [5.74, 6) is -0.00241. The van der Waals surface area contributed by atoms with E-state index in [1.54, 1.807) is 36.4 Å². The average molecular weight is 343 g/mol. The summed E-state index contributed by atoms with van der Waals surface area (Å²) in [5, 5.41) is 0. The van der Waals surface area contributed by atoms with Gasteiger partial charge in [-0.2, -0.15) is 0 Å². The van der Waals surface area contributed by atoms with Gasteiger partial charge in [-0.15, -0.1) is 0 Å². The molecule has 0 bridgehead atoms. The van der Waals surface area contributed by atoms with Gasteiger partial charge in [0.15, 0.2) is 6.61 Å². The van der Waals surface area contributed by atoms with Crippen LogP contribution in [0.15, 0.2) is 42.5 Å². The van der Waals surface area contributed by atoms with Crippen LogP contribution in [0, 0.1) is 0 Å². The number of hydrogen-bond acceptors (Lipinski definition) is 6. The van der Waals surface area contributed by atoms with Gasteiger partial charge in [0.1, 0.15) is 11.5 Å². The summed E-state index contributed by atoms with van der Waals surface area (Å²) in [7, 11) is 6.73. The quantitative estimate of drug-likeness (QED) is 0.569. The van der Waals surface area contributed by atoms with Crippen LogP contribution in [0.4, 0.5) is 5.69 Å². The number of anilines is 1. The Morgan fingerprint density at radius 2 is 1.76 bits per heavy atom. The summed E-state index contributed by atoms with van der Waals surface area (Å²) in [5.41, 5.74) is 1.56. The maximum absolute atomic E-state index is 12.4. The standard InChI is InChI=1S/C19H21NO5/c1-20(2)14-7-5-6-13(10-14)19(22)25-12-17(21)16-11-15(23-3)8-9-18(16)24-4/h5-11H,12H2,1-4H3. The second-order valence-electron chi connectivity index (χ2n) is 5.51. The Kier molecular flexibility index (Phi) is 6.00. The normalized spacial score (nSPS) is 10.1. The molecule has 0 unspecified atom stereocenters. The van der Waals surface area contributed by atoms with Gasteiger partial charge in [0, 0.05) is 19.8 Å². The van der Waals surface area contributed by atoms with E-state index in [-0.39, 0.29) is 12.4 Å². The van der Waals surface area contributed by atoms with Crippen LogP contribution in [0.5, 0.6) is 11.5 Å². The van der Waals surface area contributed by atoms with Gasteiger partial charge < -0.3 is 19.1 Å². The minimum Gasteiger partial charge on any atom is -0.497 e. The number of carbonyl (C=O) groups excluding carboxylic acids is 2. The first kappa shape index (κ1) is 18.3. The molecule has 0 aliphatic heterocycles. The van der Waals surface area contributed by atoms with Crippen LogP contribution in [0.25, 0.3) is 0 Å². The zero-order chi connectivity index (χ0) is 18.4. The lowest BCUT2D eigenvalue weighted by atomic mass is 10.1. The topological polar surface area (TPSA) is 65.1 Å². The molecule has 2 aromatic rings. The van der Waals surface area contributed by atoms with Crippen molar-refractivity contribution in [3.05, 3.63) is 53.6 Å². The minimum absolute atomic E-state index is 0.302. The summed E-state index contributed by atoms with van der Waals surface area (Å²) in [6.45, 7) is -0.380. The molecule has 0 saturated carbocycles. The molecule has 0 spiro atoms. The zero-order valence-electron chi connectivity index (χ0n) is 14.7. The monoisotopic (exact) mass is 343 g/mol. The van der Waals surface area contributed by atoms with E-state index in [9.17, 15) is 9.59 Å². The summed E-state index contributed by atoms with van der Waals surface area (Å²) >= 11 is 0. The van der Waals surface area contributed by atoms with Gasteiger partial charge in [-0.05, 0) is 36.4 Å². The predicted molar refractivity (Wildman–Crippen MR) is 94.9 cm³/mol. The Balaban J connectivity index is 2.09. The minimum atomic E-state index is -0.557. The molecule has 2 aromatic carbocycles. The highest BCUT2D eigenvalue weighted by molar-refractivity contribution is 6.01. The lowest BCUT2D eigenvalue weighted by Gasteiger charge is -2.13. The van der Waals surface area contributed by atoms with Gasteiger partial charge in [0.25, 0.3) is 0 Å². The average Bonchev–Trinajstić information content (AvgIpc) is 2.65. The second kappa shape index (κ2) is 8.19. The Morgan fingerprint density at radius 1 is 1.00 bits per heavy atom. The van der Waals surface area contributed by atoms with Crippen molar-refractivity contribution in [3.63, 3.8) is 0 Å². The SMILES string of the molecule is COc1ccc(OC)c(C(=O)COC(=O)c2cccc(N(C)C)c2)c1. The molecule has 6 heteroatoms. The van der Waals surface area contributed by atoms with Crippen molar-refractivity contribution in [3.8, 4) is 11.5 Å². The number of ketones is 1. The van der Waals surface area contributed by atoms with E-state index < -0.39 is 5.97 Å². The van der Waals surface area contributed by atoms with Crippen molar-refractivity contribution in [2.45, 2.75) is 0 Å². The molecule has 0 fully saturated rings. The molecule has 132 valence electrons. The number of nitrogens with zero attached hydrogens (tertiary/aromatic N) is 1. The Labute approximate surface area is 146 Å². The van der Waals surface area contributed by atoms with E-state index in [0.717, 1.165) is 5.69 Å². The molecular weight excluding hydrogens is 322 g/mol. The fraction of sp³-hybridized carbons (Fsp3) is 0.263. The third-order valence-corrected chi connectivity index (χ3v) is 3.64. The highest BCUT2D eigenvalue weighted by atomic mass is 16.5. The maximum Gasteiger partial charge on any atom is 0.338 e. The van der Waals surface area contributed by atoms with Crippen molar-refractivity contribution in [1.29, 1.82) is 0 Å². The number of esters is 1. The Bertz CT molecular complexity index is 770. The molecule has 0 N–H and O–H groups in total. The first-order valence-electron chi connectivity index (χ1n) is 7.66. The van der Waals surface area contributed by atoms with E-state index in [4.69, 9.17) is 14.2 Å². The fourth-order valence-electron chi connectivity index (χ4n) is 2.24. The molecule has 6 nitrogen and oxygen atoms in total. The number of benzene rings is 2. The lowest BCUT2D eigenvalue weighted by molar-refractivity contribution is 0.0474. The molecule has 2 rings (SSSR count). The molecule has 0 amide bonds. The number of carbonyl (C=O) groups is 2. The van der Waals surface area contributed by atoms with Crippen molar-refractivity contribution in [2.24, 2.45) is 0 Å². The van der Waals surface area contributed by atoms with Gasteiger partial charge >= 0.3 is 5.97 Å². The second-order valence-corrected chi connectivity index (χ2v) is 5.51. The van der Waals surface area contributed by atoms with Gasteiger partial charge in [-0.3, -0.25) is 4.79 Å². The van der Waals surface area contributed by atoms with E-state index in [1.165, 1.54) is 14.2 Å². The van der Waals surface area contributed by atoms with Crippen LogP contribution in [-0.4, -0.2) is 46.7 Å². The molecule has 0 heterocycles. The fourth-order valence-corrected chi connectivity index (χ4v) is 2.24. The lowest BCUT2D eigenvalue weighted by Crippen LogP contribution is -2.16. The van der Waals surface area contributed by atoms with Crippen molar-refractivity contribution < 1.29 is 23.8 Å². The number of hydrogen-bond donors (Lipinski definition) is 0. The molecule has 25 heavy (non-hydrogen) atoms.